The van der Waals surface area contributed by atoms with E-state index in [9.17, 15) is 39.3 Å². The number of aromatic nitrogens is 1. The fraction of sp³-hybridized carbons (Fsp3) is 0.148. The lowest BCUT2D eigenvalue weighted by molar-refractivity contribution is 0.362. The van der Waals surface area contributed by atoms with Gasteiger partial charge in [0.25, 0.3) is 5.56 Å². The zero-order chi connectivity index (χ0) is 30.4. The number of nitrogens with zero attached hydrogens (tertiary/aromatic N) is 2. The number of phenolic OH excluding ortho intramolecular Hbond substituents is 1. The number of hydrogen-bond donors (Lipinski definition) is 6. The Balaban J connectivity index is 1.75. The van der Waals surface area contributed by atoms with Crippen LogP contribution in [0.15, 0.2) is 50.8 Å². The number of fused-ring (bicyclic) bond motifs is 4. The second kappa shape index (κ2) is 8.84. The van der Waals surface area contributed by atoms with E-state index in [-0.39, 0.29) is 40.8 Å². The second-order valence-electron chi connectivity index (χ2n) is 9.79. The highest BCUT2D eigenvalue weighted by molar-refractivity contribution is 9.10. The fourth-order valence-corrected chi connectivity index (χ4v) is 6.75. The van der Waals surface area contributed by atoms with Gasteiger partial charge in [-0.15, -0.1) is 5.10 Å². The van der Waals surface area contributed by atoms with Gasteiger partial charge in [0.2, 0.25) is 22.2 Å². The van der Waals surface area contributed by atoms with Gasteiger partial charge in [-0.2, -0.15) is 5.10 Å². The number of phenols is 1. The summed E-state index contributed by atoms with van der Waals surface area (Å²) in [6, 6.07) is 2.25. The lowest BCUT2D eigenvalue weighted by atomic mass is 9.78. The molecule has 1 heterocycles. The number of aromatic amines is 1. The van der Waals surface area contributed by atoms with Crippen LogP contribution in [0.25, 0.3) is 22.3 Å². The first-order chi connectivity index (χ1) is 19.9. The molecule has 0 amide bonds. The van der Waals surface area contributed by atoms with Crippen molar-refractivity contribution in [2.45, 2.75) is 18.3 Å². The number of halogens is 1. The summed E-state index contributed by atoms with van der Waals surface area (Å²) < 4.78 is 5.21. The van der Waals surface area contributed by atoms with Gasteiger partial charge in [-0.1, -0.05) is 0 Å². The van der Waals surface area contributed by atoms with Crippen molar-refractivity contribution in [3.63, 3.8) is 0 Å². The molecule has 4 aliphatic carbocycles. The first kappa shape index (κ1) is 26.9. The lowest BCUT2D eigenvalue weighted by Crippen LogP contribution is -2.51. The molecule has 14 nitrogen and oxygen atoms in total. The van der Waals surface area contributed by atoms with Crippen LogP contribution in [0.4, 0.5) is 0 Å². The van der Waals surface area contributed by atoms with Gasteiger partial charge in [0.1, 0.15) is 22.7 Å². The van der Waals surface area contributed by atoms with Gasteiger partial charge < -0.3 is 36.5 Å². The smallest absolute Gasteiger partial charge is 0.260 e. The third-order valence-electron chi connectivity index (χ3n) is 7.75. The Morgan fingerprint density at radius 3 is 2.26 bits per heavy atom. The number of methoxy groups -OCH3 is 1. The monoisotopic (exact) mass is 635 g/mol. The number of aliphatic hydroxyl groups is 2. The normalized spacial score (nSPS) is 17.5. The number of benzene rings is 1. The van der Waals surface area contributed by atoms with E-state index in [1.54, 1.807) is 0 Å². The van der Waals surface area contributed by atoms with Crippen molar-refractivity contribution in [3.05, 3.63) is 106 Å². The number of guanidine groups is 1. The highest BCUT2D eigenvalue weighted by Crippen LogP contribution is 2.56. The first-order valence-electron chi connectivity index (χ1n) is 12.2. The average molecular weight is 636 g/mol. The van der Waals surface area contributed by atoms with Gasteiger partial charge in [0, 0.05) is 21.5 Å². The van der Waals surface area contributed by atoms with Gasteiger partial charge in [-0.3, -0.25) is 24.0 Å². The number of ether oxygens (including phenoxy) is 1. The van der Waals surface area contributed by atoms with Crippen LogP contribution in [0.1, 0.15) is 23.2 Å². The van der Waals surface area contributed by atoms with Crippen molar-refractivity contribution in [3.8, 4) is 11.5 Å². The summed E-state index contributed by atoms with van der Waals surface area (Å²) in [5.41, 5.74) is 3.82. The molecule has 0 fully saturated rings. The van der Waals surface area contributed by atoms with Crippen LogP contribution in [0.3, 0.4) is 0 Å². The molecule has 1 spiro atoms. The van der Waals surface area contributed by atoms with Crippen molar-refractivity contribution in [2.75, 3.05) is 7.11 Å². The Hall–Kier alpha value is -5.31. The maximum Gasteiger partial charge on any atom is 0.260 e. The molecule has 0 aliphatic heterocycles. The number of nitrogens with one attached hydrogen (secondary N) is 1. The molecule has 1 atom stereocenters. The highest BCUT2D eigenvalue weighted by atomic mass is 79.9. The van der Waals surface area contributed by atoms with E-state index in [1.807, 2.05) is 0 Å². The van der Waals surface area contributed by atoms with Crippen molar-refractivity contribution in [2.24, 2.45) is 21.7 Å². The van der Waals surface area contributed by atoms with Crippen molar-refractivity contribution in [1.29, 1.82) is 0 Å². The Labute approximate surface area is 239 Å². The number of pyridine rings is 1. The molecule has 15 heteroatoms. The van der Waals surface area contributed by atoms with Gasteiger partial charge in [-0.25, -0.2) is 0 Å². The largest absolute Gasteiger partial charge is 0.510 e. The van der Waals surface area contributed by atoms with Crippen molar-refractivity contribution in [1.82, 2.24) is 4.98 Å². The van der Waals surface area contributed by atoms with Crippen molar-refractivity contribution >= 4 is 50.4 Å². The summed E-state index contributed by atoms with van der Waals surface area (Å²) in [7, 11) is 1.11. The zero-order valence-corrected chi connectivity index (χ0v) is 23.0. The molecular formula is C27H18BrN5O9. The van der Waals surface area contributed by atoms with Crippen LogP contribution >= 0.6 is 15.9 Å². The summed E-state index contributed by atoms with van der Waals surface area (Å²) in [5, 5.41) is 38.9. The highest BCUT2D eigenvalue weighted by Gasteiger charge is 2.53. The third-order valence-corrected chi connectivity index (χ3v) is 8.65. The Bertz CT molecular complexity index is 2480. The van der Waals surface area contributed by atoms with Crippen molar-refractivity contribution < 1.29 is 20.1 Å². The maximum absolute atomic E-state index is 13.6. The maximum atomic E-state index is 13.6. The Kier molecular flexibility index (Phi) is 5.66. The average Bonchev–Trinajstić information content (AvgIpc) is 3.44. The Morgan fingerprint density at radius 2 is 1.64 bits per heavy atom. The summed E-state index contributed by atoms with van der Waals surface area (Å²) >= 11 is 3.45. The number of nitrogens with two attached hydrogens (primary N) is 2. The summed E-state index contributed by atoms with van der Waals surface area (Å²) in [5.74, 6) is -2.99. The van der Waals surface area contributed by atoms with Crippen LogP contribution < -0.4 is 53.9 Å². The number of aromatic hydroxyl groups is 1. The zero-order valence-electron chi connectivity index (χ0n) is 21.4. The molecule has 4 aliphatic rings. The van der Waals surface area contributed by atoms with Crippen LogP contribution in [0, 0.1) is 10.4 Å². The SMILES string of the molecule is COc1cc(=O)c2c(=O)c3c(c(=O)c=2c1=O)=C(O)[C@]1(CCc2c1c(O)c1c(=O)[nH]c(C=NN=C(N)N)cc1c2Br)C=3O. The standard InChI is InChI=1S/C27H18BrN5O9/c1-42-11-5-10(34)13-14(19(11)35)21(37)16-15(20(13)36)23(39)27(24(16)40)3-2-8-17(27)22(38)12-9(18(8)28)4-7(32-25(12)41)6-31-33-26(29)30/h4-6,38-40H,2-3H2,1H3,(H,32,41)(H4,29,30,33)/t27-/m0/s1. The molecule has 42 heavy (non-hydrogen) atoms. The first-order valence-corrected chi connectivity index (χ1v) is 12.9. The quantitative estimate of drug-likeness (QED) is 0.0806. The number of hydrogen-bond acceptors (Lipinski definition) is 11. The molecule has 0 bridgehead atoms. The molecule has 2 aromatic rings. The van der Waals surface area contributed by atoms with Crippen LogP contribution in [-0.4, -0.2) is 39.6 Å². The molecule has 212 valence electrons. The second-order valence-corrected chi connectivity index (χ2v) is 10.6. The lowest BCUT2D eigenvalue weighted by Gasteiger charge is -2.27. The van der Waals surface area contributed by atoms with E-state index >= 15 is 0 Å². The van der Waals surface area contributed by atoms with E-state index in [0.717, 1.165) is 13.2 Å². The fourth-order valence-electron chi connectivity index (χ4n) is 6.04. The molecule has 0 saturated heterocycles. The van der Waals surface area contributed by atoms with Gasteiger partial charge >= 0.3 is 0 Å². The number of H-pyrrole nitrogens is 1. The minimum atomic E-state index is -2.02. The molecule has 1 aromatic heterocycles. The number of aliphatic hydroxyl groups excluding tert-OH is 2. The van der Waals surface area contributed by atoms with Gasteiger partial charge in [-0.05, 0) is 40.4 Å². The summed E-state index contributed by atoms with van der Waals surface area (Å²) in [4.78, 5) is 68.5. The molecule has 1 aromatic carbocycles. The third kappa shape index (κ3) is 3.21. The van der Waals surface area contributed by atoms with E-state index in [1.165, 1.54) is 12.3 Å². The summed E-state index contributed by atoms with van der Waals surface area (Å²) in [6.45, 7) is 0. The molecular weight excluding hydrogens is 618 g/mol. The van der Waals surface area contributed by atoms with E-state index in [4.69, 9.17) is 16.2 Å². The molecule has 0 radical (unpaired) electrons. The van der Waals surface area contributed by atoms with E-state index in [2.05, 4.69) is 31.1 Å². The topological polar surface area (TPSA) is 248 Å². The minimum Gasteiger partial charge on any atom is -0.510 e. The molecule has 0 unspecified atom stereocenters. The van der Waals surface area contributed by atoms with Crippen LogP contribution in [0.2, 0.25) is 0 Å². The van der Waals surface area contributed by atoms with Crippen LogP contribution in [-0.2, 0) is 11.8 Å². The number of rotatable bonds is 3. The molecule has 0 saturated carbocycles. The van der Waals surface area contributed by atoms with Gasteiger partial charge in [0.05, 0.1) is 45.3 Å². The van der Waals surface area contributed by atoms with Gasteiger partial charge in [0.15, 0.2) is 11.2 Å². The van der Waals surface area contributed by atoms with E-state index < -0.39 is 76.6 Å². The molecule has 6 rings (SSSR count). The predicted octanol–water partition coefficient (Wildman–Crippen LogP) is -2.12. The van der Waals surface area contributed by atoms with E-state index in [0.29, 0.717) is 10.0 Å². The molecule has 8 N–H and O–H groups in total. The van der Waals surface area contributed by atoms with Crippen LogP contribution in [0.5, 0.6) is 11.5 Å². The predicted molar refractivity (Wildman–Crippen MR) is 154 cm³/mol. The minimum absolute atomic E-state index is 0.0983. The Morgan fingerprint density at radius 1 is 1.00 bits per heavy atom. The summed E-state index contributed by atoms with van der Waals surface area (Å²) in [6.07, 6.45) is 1.13.